The minimum absolute atomic E-state index is 0.175. The quantitative estimate of drug-likeness (QED) is 0.892. The molecular formula is C19H27FN4O. The summed E-state index contributed by atoms with van der Waals surface area (Å²) in [6, 6.07) is 7.81. The van der Waals surface area contributed by atoms with Gasteiger partial charge in [-0.15, -0.1) is 0 Å². The number of hydrogen-bond acceptors (Lipinski definition) is 4. The van der Waals surface area contributed by atoms with Gasteiger partial charge < -0.3 is 10.2 Å². The van der Waals surface area contributed by atoms with Gasteiger partial charge in [-0.25, -0.2) is 4.39 Å². The summed E-state index contributed by atoms with van der Waals surface area (Å²) in [5.41, 5.74) is 1.12. The van der Waals surface area contributed by atoms with Crippen LogP contribution in [0.15, 0.2) is 24.3 Å². The zero-order valence-corrected chi connectivity index (χ0v) is 14.7. The molecule has 6 heteroatoms. The molecule has 1 N–H and O–H groups in total. The highest BCUT2D eigenvalue weighted by Crippen LogP contribution is 2.22. The van der Waals surface area contributed by atoms with E-state index in [1.54, 1.807) is 0 Å². The van der Waals surface area contributed by atoms with Crippen molar-refractivity contribution in [1.29, 1.82) is 0 Å². The van der Waals surface area contributed by atoms with Crippen LogP contribution in [-0.2, 0) is 4.79 Å². The summed E-state index contributed by atoms with van der Waals surface area (Å²) < 4.78 is 13.0. The normalized spacial score (nSPS) is 26.4. The van der Waals surface area contributed by atoms with Gasteiger partial charge in [0, 0.05) is 70.0 Å². The fraction of sp³-hybridized carbons (Fsp3) is 0.632. The van der Waals surface area contributed by atoms with Crippen LogP contribution < -0.4 is 10.2 Å². The Bertz CT molecular complexity index is 594. The lowest BCUT2D eigenvalue weighted by molar-refractivity contribution is -0.123. The van der Waals surface area contributed by atoms with E-state index in [1.807, 2.05) is 12.1 Å². The number of hydrogen-bond donors (Lipinski definition) is 1. The first-order valence-corrected chi connectivity index (χ1v) is 9.44. The Morgan fingerprint density at radius 3 is 2.48 bits per heavy atom. The molecule has 0 aliphatic carbocycles. The second-order valence-corrected chi connectivity index (χ2v) is 7.53. The number of carbonyl (C=O) groups excluding carboxylic acids is 1. The van der Waals surface area contributed by atoms with Gasteiger partial charge in [0.15, 0.2) is 0 Å². The summed E-state index contributed by atoms with van der Waals surface area (Å²) in [5.74, 6) is 0.0383. The molecule has 5 nitrogen and oxygen atoms in total. The third-order valence-corrected chi connectivity index (χ3v) is 5.76. The molecule has 0 radical (unpaired) electrons. The van der Waals surface area contributed by atoms with Crippen molar-refractivity contribution in [3.05, 3.63) is 30.1 Å². The van der Waals surface area contributed by atoms with Gasteiger partial charge in [-0.3, -0.25) is 14.6 Å². The highest BCUT2D eigenvalue weighted by Gasteiger charge is 2.35. The predicted molar refractivity (Wildman–Crippen MR) is 96.2 cm³/mol. The summed E-state index contributed by atoms with van der Waals surface area (Å²) in [6.07, 6.45) is 2.83. The van der Waals surface area contributed by atoms with E-state index < -0.39 is 0 Å². The van der Waals surface area contributed by atoms with E-state index in [0.717, 1.165) is 64.3 Å². The SMILES string of the molecule is O=C1CCCC(CN2CC(N3CCN(c4ccc(F)cc4)CC3)C2)N1. The van der Waals surface area contributed by atoms with E-state index in [0.29, 0.717) is 18.5 Å². The van der Waals surface area contributed by atoms with Gasteiger partial charge in [0.1, 0.15) is 5.82 Å². The van der Waals surface area contributed by atoms with Gasteiger partial charge in [0.25, 0.3) is 0 Å². The Morgan fingerprint density at radius 2 is 1.80 bits per heavy atom. The molecule has 0 aromatic heterocycles. The molecule has 3 heterocycles. The summed E-state index contributed by atoms with van der Waals surface area (Å²) in [4.78, 5) is 18.9. The van der Waals surface area contributed by atoms with Crippen LogP contribution in [0.1, 0.15) is 19.3 Å². The molecule has 3 aliphatic heterocycles. The van der Waals surface area contributed by atoms with E-state index in [-0.39, 0.29) is 11.7 Å². The topological polar surface area (TPSA) is 38.8 Å². The average Bonchev–Trinajstić information content (AvgIpc) is 2.59. The van der Waals surface area contributed by atoms with Crippen molar-refractivity contribution in [3.8, 4) is 0 Å². The zero-order valence-electron chi connectivity index (χ0n) is 14.7. The molecule has 4 rings (SSSR count). The van der Waals surface area contributed by atoms with E-state index in [4.69, 9.17) is 0 Å². The van der Waals surface area contributed by atoms with Crippen LogP contribution in [0.2, 0.25) is 0 Å². The first kappa shape index (κ1) is 16.8. The molecule has 3 fully saturated rings. The minimum Gasteiger partial charge on any atom is -0.369 e. The maximum atomic E-state index is 13.0. The number of rotatable bonds is 4. The third-order valence-electron chi connectivity index (χ3n) is 5.76. The maximum absolute atomic E-state index is 13.0. The first-order valence-electron chi connectivity index (χ1n) is 9.44. The number of likely N-dealkylation sites (tertiary alicyclic amines) is 1. The number of carbonyl (C=O) groups is 1. The first-order chi connectivity index (χ1) is 12.2. The Labute approximate surface area is 148 Å². The van der Waals surface area contributed by atoms with Crippen LogP contribution in [0.3, 0.4) is 0 Å². The second kappa shape index (κ2) is 7.30. The number of nitrogens with zero attached hydrogens (tertiary/aromatic N) is 3. The second-order valence-electron chi connectivity index (χ2n) is 7.53. The number of halogens is 1. The van der Waals surface area contributed by atoms with Crippen molar-refractivity contribution in [2.75, 3.05) is 50.7 Å². The molecule has 1 amide bonds. The highest BCUT2D eigenvalue weighted by molar-refractivity contribution is 5.76. The fourth-order valence-electron chi connectivity index (χ4n) is 4.25. The molecule has 3 aliphatic rings. The van der Waals surface area contributed by atoms with Gasteiger partial charge in [0.2, 0.25) is 5.91 Å². The summed E-state index contributed by atoms with van der Waals surface area (Å²) in [7, 11) is 0. The number of anilines is 1. The molecule has 0 saturated carbocycles. The molecule has 25 heavy (non-hydrogen) atoms. The number of benzene rings is 1. The third kappa shape index (κ3) is 3.96. The molecule has 1 aromatic rings. The molecule has 0 spiro atoms. The van der Waals surface area contributed by atoms with E-state index >= 15 is 0 Å². The van der Waals surface area contributed by atoms with Crippen LogP contribution in [0.5, 0.6) is 0 Å². The van der Waals surface area contributed by atoms with Crippen LogP contribution in [0, 0.1) is 5.82 Å². The van der Waals surface area contributed by atoms with Gasteiger partial charge in [-0.1, -0.05) is 0 Å². The standard InChI is InChI=1S/C19H27FN4O/c20-15-4-6-17(7-5-15)23-8-10-24(11-9-23)18-13-22(14-18)12-16-2-1-3-19(25)21-16/h4-7,16,18H,1-3,8-14H2,(H,21,25). The largest absolute Gasteiger partial charge is 0.369 e. The van der Waals surface area contributed by atoms with Crippen LogP contribution in [0.4, 0.5) is 10.1 Å². The Morgan fingerprint density at radius 1 is 1.08 bits per heavy atom. The van der Waals surface area contributed by atoms with Gasteiger partial charge in [-0.05, 0) is 37.1 Å². The molecule has 3 saturated heterocycles. The molecular weight excluding hydrogens is 319 g/mol. The average molecular weight is 346 g/mol. The van der Waals surface area contributed by atoms with Gasteiger partial charge in [-0.2, -0.15) is 0 Å². The Kier molecular flexibility index (Phi) is 4.90. The minimum atomic E-state index is -0.175. The molecule has 1 aromatic carbocycles. The van der Waals surface area contributed by atoms with Crippen LogP contribution in [0.25, 0.3) is 0 Å². The van der Waals surface area contributed by atoms with Crippen molar-refractivity contribution in [2.24, 2.45) is 0 Å². The van der Waals surface area contributed by atoms with E-state index in [9.17, 15) is 9.18 Å². The van der Waals surface area contributed by atoms with Crippen molar-refractivity contribution in [1.82, 2.24) is 15.1 Å². The summed E-state index contributed by atoms with van der Waals surface area (Å²) >= 11 is 0. The van der Waals surface area contributed by atoms with Crippen molar-refractivity contribution in [2.45, 2.75) is 31.3 Å². The smallest absolute Gasteiger partial charge is 0.220 e. The Hall–Kier alpha value is -1.66. The number of nitrogens with one attached hydrogen (secondary N) is 1. The summed E-state index contributed by atoms with van der Waals surface area (Å²) in [6.45, 7) is 7.36. The zero-order chi connectivity index (χ0) is 17.2. The molecule has 136 valence electrons. The number of piperazine rings is 1. The van der Waals surface area contributed by atoms with Crippen LogP contribution in [-0.4, -0.2) is 73.6 Å². The lowest BCUT2D eigenvalue weighted by atomic mass is 10.00. The fourth-order valence-corrected chi connectivity index (χ4v) is 4.25. The van der Waals surface area contributed by atoms with E-state index in [2.05, 4.69) is 20.0 Å². The highest BCUT2D eigenvalue weighted by atomic mass is 19.1. The number of amides is 1. The number of piperidine rings is 1. The molecule has 1 atom stereocenters. The van der Waals surface area contributed by atoms with Crippen molar-refractivity contribution < 1.29 is 9.18 Å². The van der Waals surface area contributed by atoms with Gasteiger partial charge in [0.05, 0.1) is 0 Å². The molecule has 0 bridgehead atoms. The van der Waals surface area contributed by atoms with Crippen LogP contribution >= 0.6 is 0 Å². The van der Waals surface area contributed by atoms with E-state index in [1.165, 1.54) is 12.1 Å². The lowest BCUT2D eigenvalue weighted by Gasteiger charge is -2.49. The monoisotopic (exact) mass is 346 g/mol. The van der Waals surface area contributed by atoms with Crippen molar-refractivity contribution >= 4 is 11.6 Å². The predicted octanol–water partition coefficient (Wildman–Crippen LogP) is 1.30. The van der Waals surface area contributed by atoms with Gasteiger partial charge >= 0.3 is 0 Å². The van der Waals surface area contributed by atoms with Crippen molar-refractivity contribution in [3.63, 3.8) is 0 Å². The molecule has 1 unspecified atom stereocenters. The Balaban J connectivity index is 1.19. The summed E-state index contributed by atoms with van der Waals surface area (Å²) in [5, 5.41) is 3.11. The lowest BCUT2D eigenvalue weighted by Crippen LogP contribution is -2.64. The maximum Gasteiger partial charge on any atom is 0.220 e.